The number of pyridine rings is 1. The molecule has 0 aromatic carbocycles. The zero-order valence-corrected chi connectivity index (χ0v) is 12.0. The van der Waals surface area contributed by atoms with Crippen LogP contribution in [-0.4, -0.2) is 27.6 Å². The third-order valence-corrected chi connectivity index (χ3v) is 3.20. The molecule has 6 heteroatoms. The topological polar surface area (TPSA) is 68.3 Å². The monoisotopic (exact) mass is 275 g/mol. The smallest absolute Gasteiger partial charge is 0.263 e. The van der Waals surface area contributed by atoms with Crippen molar-refractivity contribution >= 4 is 5.91 Å². The highest BCUT2D eigenvalue weighted by Crippen LogP contribution is 2.08. The normalized spacial score (nSPS) is 10.6. The van der Waals surface area contributed by atoms with E-state index in [-0.39, 0.29) is 23.6 Å². The first kappa shape index (κ1) is 14.0. The Kier molecular flexibility index (Phi) is 3.74. The van der Waals surface area contributed by atoms with Crippen LogP contribution in [0.25, 0.3) is 0 Å². The van der Waals surface area contributed by atoms with Gasteiger partial charge in [0.1, 0.15) is 5.56 Å². The second kappa shape index (κ2) is 5.32. The first-order chi connectivity index (χ1) is 9.40. The summed E-state index contributed by atoms with van der Waals surface area (Å²) in [5, 5.41) is 3.77. The standard InChI is InChI=1S/C14H17N3O3/c1-9-7-11(20-15-9)8-16(3)13(18)12-6-5-10(2)17(4)14(12)19/h5-7H,8H2,1-4H3. The van der Waals surface area contributed by atoms with E-state index < -0.39 is 0 Å². The number of amides is 1. The lowest BCUT2D eigenvalue weighted by atomic mass is 10.2. The van der Waals surface area contributed by atoms with E-state index in [0.29, 0.717) is 5.76 Å². The molecule has 0 saturated heterocycles. The molecular formula is C14H17N3O3. The van der Waals surface area contributed by atoms with Gasteiger partial charge in [0.25, 0.3) is 11.5 Å². The Bertz CT molecular complexity index is 700. The number of carbonyl (C=O) groups excluding carboxylic acids is 1. The van der Waals surface area contributed by atoms with Crippen LogP contribution in [0.15, 0.2) is 27.5 Å². The lowest BCUT2D eigenvalue weighted by Crippen LogP contribution is -2.33. The van der Waals surface area contributed by atoms with Gasteiger partial charge < -0.3 is 14.0 Å². The van der Waals surface area contributed by atoms with Gasteiger partial charge in [-0.05, 0) is 26.0 Å². The van der Waals surface area contributed by atoms with Gasteiger partial charge in [-0.1, -0.05) is 5.16 Å². The van der Waals surface area contributed by atoms with Crippen LogP contribution in [0.1, 0.15) is 27.5 Å². The largest absolute Gasteiger partial charge is 0.359 e. The maximum Gasteiger partial charge on any atom is 0.263 e. The molecule has 0 aliphatic carbocycles. The van der Waals surface area contributed by atoms with Crippen LogP contribution in [0.4, 0.5) is 0 Å². The molecule has 0 bridgehead atoms. The van der Waals surface area contributed by atoms with Crippen molar-refractivity contribution in [2.45, 2.75) is 20.4 Å². The van der Waals surface area contributed by atoms with Gasteiger partial charge >= 0.3 is 0 Å². The minimum Gasteiger partial charge on any atom is -0.359 e. The Morgan fingerprint density at radius 1 is 1.40 bits per heavy atom. The molecule has 0 aliphatic heterocycles. The molecular weight excluding hydrogens is 258 g/mol. The summed E-state index contributed by atoms with van der Waals surface area (Å²) in [4.78, 5) is 25.8. The van der Waals surface area contributed by atoms with E-state index in [1.54, 1.807) is 32.3 Å². The Labute approximate surface area is 116 Å². The molecule has 1 amide bonds. The summed E-state index contributed by atoms with van der Waals surface area (Å²) in [5.74, 6) is 0.252. The number of aromatic nitrogens is 2. The van der Waals surface area contributed by atoms with Gasteiger partial charge in [0.05, 0.1) is 12.2 Å². The Morgan fingerprint density at radius 3 is 2.70 bits per heavy atom. The van der Waals surface area contributed by atoms with Gasteiger partial charge in [0.2, 0.25) is 0 Å². The Hall–Kier alpha value is -2.37. The Morgan fingerprint density at radius 2 is 2.10 bits per heavy atom. The van der Waals surface area contributed by atoms with Crippen molar-refractivity contribution in [3.63, 3.8) is 0 Å². The van der Waals surface area contributed by atoms with Crippen molar-refractivity contribution in [2.75, 3.05) is 7.05 Å². The number of hydrogen-bond donors (Lipinski definition) is 0. The minimum absolute atomic E-state index is 0.150. The summed E-state index contributed by atoms with van der Waals surface area (Å²) in [7, 11) is 3.27. The van der Waals surface area contributed by atoms with Crippen molar-refractivity contribution in [3.05, 3.63) is 51.3 Å². The van der Waals surface area contributed by atoms with Gasteiger partial charge in [-0.15, -0.1) is 0 Å². The molecule has 0 N–H and O–H groups in total. The van der Waals surface area contributed by atoms with E-state index in [1.807, 2.05) is 13.8 Å². The summed E-state index contributed by atoms with van der Waals surface area (Å²) >= 11 is 0. The fourth-order valence-electron chi connectivity index (χ4n) is 1.89. The molecule has 0 unspecified atom stereocenters. The number of hydrogen-bond acceptors (Lipinski definition) is 4. The van der Waals surface area contributed by atoms with Gasteiger partial charge in [-0.3, -0.25) is 9.59 Å². The average Bonchev–Trinajstić information content (AvgIpc) is 2.81. The maximum atomic E-state index is 12.3. The molecule has 20 heavy (non-hydrogen) atoms. The van der Waals surface area contributed by atoms with Crippen molar-refractivity contribution in [1.82, 2.24) is 14.6 Å². The first-order valence-electron chi connectivity index (χ1n) is 6.24. The summed E-state index contributed by atoms with van der Waals surface area (Å²) < 4.78 is 6.52. The van der Waals surface area contributed by atoms with Gasteiger partial charge in [0.15, 0.2) is 5.76 Å². The molecule has 0 aliphatic rings. The van der Waals surface area contributed by atoms with Crippen LogP contribution < -0.4 is 5.56 Å². The second-order valence-electron chi connectivity index (χ2n) is 4.85. The third-order valence-electron chi connectivity index (χ3n) is 3.20. The van der Waals surface area contributed by atoms with Gasteiger partial charge in [-0.2, -0.15) is 0 Å². The van der Waals surface area contributed by atoms with E-state index in [1.165, 1.54) is 9.47 Å². The maximum absolute atomic E-state index is 12.3. The van der Waals surface area contributed by atoms with Crippen LogP contribution in [0.5, 0.6) is 0 Å². The summed E-state index contributed by atoms with van der Waals surface area (Å²) in [6, 6.07) is 5.07. The number of aryl methyl sites for hydroxylation is 2. The highest BCUT2D eigenvalue weighted by molar-refractivity contribution is 5.93. The highest BCUT2D eigenvalue weighted by atomic mass is 16.5. The van der Waals surface area contributed by atoms with Crippen LogP contribution in [0.3, 0.4) is 0 Å². The van der Waals surface area contributed by atoms with Crippen LogP contribution in [0, 0.1) is 13.8 Å². The molecule has 0 radical (unpaired) electrons. The minimum atomic E-state index is -0.334. The fraction of sp³-hybridized carbons (Fsp3) is 0.357. The van der Waals surface area contributed by atoms with Crippen molar-refractivity contribution in [1.29, 1.82) is 0 Å². The highest BCUT2D eigenvalue weighted by Gasteiger charge is 2.18. The molecule has 106 valence electrons. The first-order valence-corrected chi connectivity index (χ1v) is 6.24. The zero-order chi connectivity index (χ0) is 14.9. The average molecular weight is 275 g/mol. The molecule has 6 nitrogen and oxygen atoms in total. The quantitative estimate of drug-likeness (QED) is 0.845. The van der Waals surface area contributed by atoms with Crippen LogP contribution >= 0.6 is 0 Å². The molecule has 0 atom stereocenters. The van der Waals surface area contributed by atoms with E-state index in [9.17, 15) is 9.59 Å². The van der Waals surface area contributed by atoms with Crippen LogP contribution in [-0.2, 0) is 13.6 Å². The van der Waals surface area contributed by atoms with Crippen molar-refractivity contribution in [2.24, 2.45) is 7.05 Å². The number of nitrogens with zero attached hydrogens (tertiary/aromatic N) is 3. The second-order valence-corrected chi connectivity index (χ2v) is 4.85. The molecule has 2 aromatic heterocycles. The van der Waals surface area contributed by atoms with E-state index in [4.69, 9.17) is 4.52 Å². The molecule has 2 heterocycles. The molecule has 0 spiro atoms. The van der Waals surface area contributed by atoms with Gasteiger partial charge in [0, 0.05) is 25.9 Å². The Balaban J connectivity index is 2.23. The number of carbonyl (C=O) groups is 1. The lowest BCUT2D eigenvalue weighted by Gasteiger charge is -2.15. The van der Waals surface area contributed by atoms with Gasteiger partial charge in [-0.25, -0.2) is 0 Å². The zero-order valence-electron chi connectivity index (χ0n) is 12.0. The SMILES string of the molecule is Cc1cc(CN(C)C(=O)c2ccc(C)n(C)c2=O)on1. The predicted molar refractivity (Wildman–Crippen MR) is 73.5 cm³/mol. The summed E-state index contributed by atoms with van der Waals surface area (Å²) in [6.07, 6.45) is 0. The van der Waals surface area contributed by atoms with E-state index in [2.05, 4.69) is 5.16 Å². The van der Waals surface area contributed by atoms with Crippen LogP contribution in [0.2, 0.25) is 0 Å². The predicted octanol–water partition coefficient (Wildman–Crippen LogP) is 1.26. The van der Waals surface area contributed by atoms with Crippen molar-refractivity contribution < 1.29 is 9.32 Å². The van der Waals surface area contributed by atoms with E-state index in [0.717, 1.165) is 11.4 Å². The summed E-state index contributed by atoms with van der Waals surface area (Å²) in [6.45, 7) is 3.90. The molecule has 2 aromatic rings. The molecule has 2 rings (SSSR count). The lowest BCUT2D eigenvalue weighted by molar-refractivity contribution is 0.0770. The number of rotatable bonds is 3. The fourth-order valence-corrected chi connectivity index (χ4v) is 1.89. The van der Waals surface area contributed by atoms with Crippen molar-refractivity contribution in [3.8, 4) is 0 Å². The van der Waals surface area contributed by atoms with E-state index >= 15 is 0 Å². The molecule has 0 saturated carbocycles. The molecule has 0 fully saturated rings. The summed E-state index contributed by atoms with van der Waals surface area (Å²) in [5.41, 5.74) is 1.42. The third kappa shape index (κ3) is 2.64.